The third-order valence-corrected chi connectivity index (χ3v) is 3.13. The van der Waals surface area contributed by atoms with Gasteiger partial charge < -0.3 is 9.84 Å². The number of halogens is 1. The SMILES string of the molecule is CCCOCCC(O)Cc1ccccc1Br. The lowest BCUT2D eigenvalue weighted by molar-refractivity contribution is 0.0823. The van der Waals surface area contributed by atoms with Gasteiger partial charge in [0, 0.05) is 17.7 Å². The van der Waals surface area contributed by atoms with E-state index in [9.17, 15) is 5.11 Å². The van der Waals surface area contributed by atoms with Crippen molar-refractivity contribution >= 4 is 15.9 Å². The molecule has 0 spiro atoms. The maximum atomic E-state index is 9.83. The van der Waals surface area contributed by atoms with Gasteiger partial charge in [-0.25, -0.2) is 0 Å². The summed E-state index contributed by atoms with van der Waals surface area (Å²) in [5, 5.41) is 9.83. The van der Waals surface area contributed by atoms with E-state index in [-0.39, 0.29) is 6.10 Å². The molecule has 0 radical (unpaired) electrons. The first-order valence-electron chi connectivity index (χ1n) is 5.73. The molecule has 2 nitrogen and oxygen atoms in total. The third-order valence-electron chi connectivity index (χ3n) is 2.36. The number of aliphatic hydroxyl groups excluding tert-OH is 1. The zero-order valence-electron chi connectivity index (χ0n) is 9.66. The molecule has 0 amide bonds. The molecule has 0 fully saturated rings. The molecule has 0 saturated heterocycles. The van der Waals surface area contributed by atoms with Gasteiger partial charge in [-0.05, 0) is 30.9 Å². The van der Waals surface area contributed by atoms with E-state index in [1.165, 1.54) is 0 Å². The van der Waals surface area contributed by atoms with Crippen molar-refractivity contribution in [2.24, 2.45) is 0 Å². The second-order valence-corrected chi connectivity index (χ2v) is 4.70. The quantitative estimate of drug-likeness (QED) is 0.781. The van der Waals surface area contributed by atoms with Crippen LogP contribution in [0.1, 0.15) is 25.3 Å². The fraction of sp³-hybridized carbons (Fsp3) is 0.538. The number of aliphatic hydroxyl groups is 1. The van der Waals surface area contributed by atoms with Crippen LogP contribution in [0.4, 0.5) is 0 Å². The molecule has 0 bridgehead atoms. The van der Waals surface area contributed by atoms with Gasteiger partial charge in [0.25, 0.3) is 0 Å². The average Bonchev–Trinajstić information content (AvgIpc) is 2.28. The van der Waals surface area contributed by atoms with Crippen LogP contribution in [0.5, 0.6) is 0 Å². The Balaban J connectivity index is 2.28. The van der Waals surface area contributed by atoms with Gasteiger partial charge in [0.15, 0.2) is 0 Å². The highest BCUT2D eigenvalue weighted by molar-refractivity contribution is 9.10. The second-order valence-electron chi connectivity index (χ2n) is 3.85. The Kier molecular flexibility index (Phi) is 6.69. The van der Waals surface area contributed by atoms with Gasteiger partial charge in [-0.3, -0.25) is 0 Å². The molecule has 0 aliphatic rings. The molecule has 1 rings (SSSR count). The highest BCUT2D eigenvalue weighted by Gasteiger charge is 2.07. The molecule has 1 unspecified atom stereocenters. The Morgan fingerprint density at radius 2 is 2.06 bits per heavy atom. The van der Waals surface area contributed by atoms with Gasteiger partial charge in [-0.1, -0.05) is 41.1 Å². The Bertz CT molecular complexity index is 302. The smallest absolute Gasteiger partial charge is 0.0602 e. The summed E-state index contributed by atoms with van der Waals surface area (Å²) in [5.74, 6) is 0. The van der Waals surface area contributed by atoms with Gasteiger partial charge in [-0.2, -0.15) is 0 Å². The van der Waals surface area contributed by atoms with E-state index in [0.29, 0.717) is 19.4 Å². The number of ether oxygens (including phenoxy) is 1. The topological polar surface area (TPSA) is 29.5 Å². The Morgan fingerprint density at radius 3 is 2.75 bits per heavy atom. The molecule has 16 heavy (non-hydrogen) atoms. The number of hydrogen-bond acceptors (Lipinski definition) is 2. The highest BCUT2D eigenvalue weighted by atomic mass is 79.9. The first-order chi connectivity index (χ1) is 7.74. The van der Waals surface area contributed by atoms with E-state index < -0.39 is 0 Å². The second kappa shape index (κ2) is 7.82. The summed E-state index contributed by atoms with van der Waals surface area (Å²) in [5.41, 5.74) is 1.14. The van der Waals surface area contributed by atoms with Crippen LogP contribution in [-0.2, 0) is 11.2 Å². The average molecular weight is 287 g/mol. The highest BCUT2D eigenvalue weighted by Crippen LogP contribution is 2.18. The summed E-state index contributed by atoms with van der Waals surface area (Å²) < 4.78 is 6.41. The van der Waals surface area contributed by atoms with Crippen molar-refractivity contribution in [3.05, 3.63) is 34.3 Å². The summed E-state index contributed by atoms with van der Waals surface area (Å²) in [4.78, 5) is 0. The van der Waals surface area contributed by atoms with Crippen molar-refractivity contribution in [2.75, 3.05) is 13.2 Å². The molecule has 0 saturated carbocycles. The van der Waals surface area contributed by atoms with Gasteiger partial charge in [0.05, 0.1) is 6.10 Å². The molecule has 0 heterocycles. The molecule has 1 N–H and O–H groups in total. The van der Waals surface area contributed by atoms with Crippen LogP contribution in [0, 0.1) is 0 Å². The van der Waals surface area contributed by atoms with Crippen molar-refractivity contribution in [1.29, 1.82) is 0 Å². The zero-order chi connectivity index (χ0) is 11.8. The van der Waals surface area contributed by atoms with E-state index in [0.717, 1.165) is 23.1 Å². The minimum Gasteiger partial charge on any atom is -0.393 e. The number of hydrogen-bond donors (Lipinski definition) is 1. The van der Waals surface area contributed by atoms with Crippen LogP contribution in [0.2, 0.25) is 0 Å². The van der Waals surface area contributed by atoms with Crippen molar-refractivity contribution in [3.63, 3.8) is 0 Å². The fourth-order valence-electron chi connectivity index (χ4n) is 1.49. The molecule has 3 heteroatoms. The maximum absolute atomic E-state index is 9.83. The summed E-state index contributed by atoms with van der Waals surface area (Å²) in [6.07, 6.45) is 2.08. The number of benzene rings is 1. The molecule has 0 aliphatic carbocycles. The van der Waals surface area contributed by atoms with E-state index in [2.05, 4.69) is 22.9 Å². The summed E-state index contributed by atoms with van der Waals surface area (Å²) >= 11 is 3.48. The molecule has 90 valence electrons. The van der Waals surface area contributed by atoms with Crippen LogP contribution in [-0.4, -0.2) is 24.4 Å². The largest absolute Gasteiger partial charge is 0.393 e. The van der Waals surface area contributed by atoms with Crippen molar-refractivity contribution in [3.8, 4) is 0 Å². The lowest BCUT2D eigenvalue weighted by atomic mass is 10.1. The van der Waals surface area contributed by atoms with Crippen LogP contribution >= 0.6 is 15.9 Å². The summed E-state index contributed by atoms with van der Waals surface area (Å²) in [6.45, 7) is 3.50. The Morgan fingerprint density at radius 1 is 1.31 bits per heavy atom. The molecule has 1 atom stereocenters. The first kappa shape index (κ1) is 13.7. The lowest BCUT2D eigenvalue weighted by Gasteiger charge is -2.11. The zero-order valence-corrected chi connectivity index (χ0v) is 11.2. The predicted molar refractivity (Wildman–Crippen MR) is 69.6 cm³/mol. The molecule has 1 aromatic carbocycles. The summed E-state index contributed by atoms with van der Waals surface area (Å²) in [7, 11) is 0. The van der Waals surface area contributed by atoms with Gasteiger partial charge in [-0.15, -0.1) is 0 Å². The summed E-state index contributed by atoms with van der Waals surface area (Å²) in [6, 6.07) is 7.99. The van der Waals surface area contributed by atoms with Gasteiger partial charge in [0.1, 0.15) is 0 Å². The van der Waals surface area contributed by atoms with Crippen molar-refractivity contribution < 1.29 is 9.84 Å². The van der Waals surface area contributed by atoms with Crippen LogP contribution in [0.3, 0.4) is 0 Å². The fourth-order valence-corrected chi connectivity index (χ4v) is 1.93. The molecular weight excluding hydrogens is 268 g/mol. The minimum absolute atomic E-state index is 0.324. The molecular formula is C13H19BrO2. The maximum Gasteiger partial charge on any atom is 0.0602 e. The number of rotatable bonds is 7. The minimum atomic E-state index is -0.324. The van der Waals surface area contributed by atoms with Gasteiger partial charge >= 0.3 is 0 Å². The van der Waals surface area contributed by atoms with E-state index >= 15 is 0 Å². The van der Waals surface area contributed by atoms with E-state index in [4.69, 9.17) is 4.74 Å². The van der Waals surface area contributed by atoms with Crippen LogP contribution in [0.15, 0.2) is 28.7 Å². The lowest BCUT2D eigenvalue weighted by Crippen LogP contribution is -2.14. The monoisotopic (exact) mass is 286 g/mol. The van der Waals surface area contributed by atoms with Crippen LogP contribution < -0.4 is 0 Å². The van der Waals surface area contributed by atoms with Gasteiger partial charge in [0.2, 0.25) is 0 Å². The van der Waals surface area contributed by atoms with Crippen molar-refractivity contribution in [2.45, 2.75) is 32.3 Å². The normalized spacial score (nSPS) is 12.7. The van der Waals surface area contributed by atoms with E-state index in [1.807, 2.05) is 24.3 Å². The molecule has 0 aliphatic heterocycles. The molecule has 1 aromatic rings. The Hall–Kier alpha value is -0.380. The Labute approximate surface area is 106 Å². The standard InChI is InChI=1S/C13H19BrO2/c1-2-8-16-9-7-12(15)10-11-5-3-4-6-13(11)14/h3-6,12,15H,2,7-10H2,1H3. The van der Waals surface area contributed by atoms with Crippen molar-refractivity contribution in [1.82, 2.24) is 0 Å². The first-order valence-corrected chi connectivity index (χ1v) is 6.52. The van der Waals surface area contributed by atoms with Crippen LogP contribution in [0.25, 0.3) is 0 Å². The third kappa shape index (κ3) is 5.10. The van der Waals surface area contributed by atoms with E-state index in [1.54, 1.807) is 0 Å². The predicted octanol–water partition coefficient (Wildman–Crippen LogP) is 3.17. The molecule has 0 aromatic heterocycles.